The van der Waals surface area contributed by atoms with E-state index in [1.165, 1.54) is 24.3 Å². The minimum absolute atomic E-state index is 0.00372. The Labute approximate surface area is 232 Å². The van der Waals surface area contributed by atoms with Crippen molar-refractivity contribution in [1.29, 1.82) is 0 Å². The number of ether oxygens (including phenoxy) is 1. The van der Waals surface area contributed by atoms with Gasteiger partial charge in [-0.05, 0) is 64.9 Å². The summed E-state index contributed by atoms with van der Waals surface area (Å²) in [4.78, 5) is 19.4. The third-order valence-corrected chi connectivity index (χ3v) is 8.42. The Morgan fingerprint density at radius 3 is 2.19 bits per heavy atom. The molecule has 2 bridgehead atoms. The Morgan fingerprint density at radius 2 is 1.67 bits per heavy atom. The van der Waals surface area contributed by atoms with Crippen molar-refractivity contribution in [2.45, 2.75) is 55.0 Å². The van der Waals surface area contributed by atoms with E-state index in [1.54, 1.807) is 0 Å². The molecule has 1 aromatic heterocycles. The molecule has 0 spiro atoms. The topological polar surface area (TPSA) is 140 Å². The highest BCUT2D eigenvalue weighted by Crippen LogP contribution is 2.81. The van der Waals surface area contributed by atoms with Crippen LogP contribution in [-0.2, 0) is 26.6 Å². The van der Waals surface area contributed by atoms with Gasteiger partial charge in [0, 0.05) is 17.0 Å². The predicted molar refractivity (Wildman–Crippen MR) is 126 cm³/mol. The molecule has 3 aliphatic carbocycles. The molecule has 1 heterocycles. The van der Waals surface area contributed by atoms with Crippen molar-refractivity contribution in [2.75, 3.05) is 6.61 Å². The Morgan fingerprint density at radius 1 is 1.02 bits per heavy atom. The summed E-state index contributed by atoms with van der Waals surface area (Å²) in [5.74, 6) is -6.86. The molecule has 228 valence electrons. The van der Waals surface area contributed by atoms with Gasteiger partial charge >= 0.3 is 14.0 Å². The van der Waals surface area contributed by atoms with Gasteiger partial charge in [0.1, 0.15) is 30.3 Å². The minimum Gasteiger partial charge on any atom is -0.491 e. The van der Waals surface area contributed by atoms with Crippen molar-refractivity contribution in [1.82, 2.24) is 20.2 Å². The van der Waals surface area contributed by atoms with E-state index in [2.05, 4.69) is 15.5 Å². The Kier molecular flexibility index (Phi) is 7.21. The van der Waals surface area contributed by atoms with Crippen LogP contribution < -0.4 is 4.74 Å². The average Bonchev–Trinajstić information content (AvgIpc) is 3.32. The molecule has 0 radical (unpaired) electrons. The van der Waals surface area contributed by atoms with Gasteiger partial charge in [-0.1, -0.05) is 12.1 Å². The maximum absolute atomic E-state index is 16.8. The zero-order valence-corrected chi connectivity index (χ0v) is 22.1. The number of tetrazole rings is 1. The van der Waals surface area contributed by atoms with Crippen molar-refractivity contribution >= 4 is 7.82 Å². The largest absolute Gasteiger partial charge is 0.491 e. The molecule has 10 nitrogen and oxygen atoms in total. The van der Waals surface area contributed by atoms with Gasteiger partial charge in [-0.2, -0.15) is 13.2 Å². The van der Waals surface area contributed by atoms with Crippen molar-refractivity contribution in [3.8, 4) is 5.75 Å². The van der Waals surface area contributed by atoms with Crippen LogP contribution >= 0.6 is 7.82 Å². The molecule has 0 saturated heterocycles. The molecule has 0 aliphatic heterocycles. The lowest BCUT2D eigenvalue weighted by atomic mass is 9.30. The number of hydrogen-bond acceptors (Lipinski definition) is 7. The van der Waals surface area contributed by atoms with Crippen LogP contribution in [0.25, 0.3) is 0 Å². The number of aliphatic hydroxyl groups is 1. The van der Waals surface area contributed by atoms with E-state index in [4.69, 9.17) is 14.4 Å². The summed E-state index contributed by atoms with van der Waals surface area (Å²) in [7, 11) is -5.77. The van der Waals surface area contributed by atoms with Gasteiger partial charge < -0.3 is 19.6 Å². The second kappa shape index (κ2) is 9.98. The Hall–Kier alpha value is -3.11. The third-order valence-electron chi connectivity index (χ3n) is 7.87. The van der Waals surface area contributed by atoms with E-state index in [1.807, 2.05) is 0 Å². The lowest BCUT2D eigenvalue weighted by Crippen LogP contribution is -2.76. The van der Waals surface area contributed by atoms with Crippen LogP contribution in [0.1, 0.15) is 30.4 Å². The number of benzene rings is 2. The highest BCUT2D eigenvalue weighted by atomic mass is 31.2. The molecule has 3 aromatic rings. The molecule has 42 heavy (non-hydrogen) atoms. The van der Waals surface area contributed by atoms with E-state index < -0.39 is 72.8 Å². The van der Waals surface area contributed by atoms with E-state index in [0.29, 0.717) is 22.4 Å². The van der Waals surface area contributed by atoms with Crippen LogP contribution in [0.4, 0.5) is 30.7 Å². The molecular weight excluding hydrogens is 604 g/mol. The second-order valence-corrected chi connectivity index (χ2v) is 11.8. The Bertz CT molecular complexity index is 1480. The first kappa shape index (κ1) is 30.4. The number of aromatic nitrogens is 4. The summed E-state index contributed by atoms with van der Waals surface area (Å²) in [6.45, 7) is -2.20. The number of phosphoric ester groups is 1. The molecule has 0 unspecified atom stereocenters. The third kappa shape index (κ3) is 5.06. The van der Waals surface area contributed by atoms with Gasteiger partial charge in [0.2, 0.25) is 0 Å². The number of rotatable bonds is 11. The monoisotopic (exact) mass is 626 g/mol. The van der Waals surface area contributed by atoms with Crippen molar-refractivity contribution in [2.24, 2.45) is 5.41 Å². The molecule has 3 fully saturated rings. The smallest absolute Gasteiger partial charge is 0.470 e. The van der Waals surface area contributed by atoms with Gasteiger partial charge in [-0.3, -0.25) is 4.52 Å². The number of phosphoric acid groups is 1. The lowest BCUT2D eigenvalue weighted by Gasteiger charge is -2.74. The zero-order chi connectivity index (χ0) is 30.8. The van der Waals surface area contributed by atoms with Gasteiger partial charge in [0.25, 0.3) is 5.92 Å². The number of halogens is 7. The Balaban J connectivity index is 1.45. The van der Waals surface area contributed by atoms with Gasteiger partial charge in [0.05, 0.1) is 6.54 Å². The summed E-state index contributed by atoms with van der Waals surface area (Å²) >= 11 is 0. The van der Waals surface area contributed by atoms with Gasteiger partial charge in [-0.25, -0.2) is 26.8 Å². The minimum atomic E-state index is -5.77. The normalized spacial score (nSPS) is 24.3. The van der Waals surface area contributed by atoms with E-state index >= 15 is 13.2 Å². The molecule has 3 saturated carbocycles. The van der Waals surface area contributed by atoms with Crippen LogP contribution in [-0.4, -0.2) is 59.9 Å². The highest BCUT2D eigenvalue weighted by Gasteiger charge is 2.83. The summed E-state index contributed by atoms with van der Waals surface area (Å²) in [5, 5.41) is 19.2. The van der Waals surface area contributed by atoms with E-state index in [0.717, 1.165) is 6.33 Å². The fraction of sp³-hybridized carbons (Fsp3) is 0.458. The first-order chi connectivity index (χ1) is 19.4. The SMILES string of the molecule is O=P(O)(O)O[C@@](Cn1cnnn1)(c1ccc(F)cc1F)C(F)(F)C12CC(c3ccc(OC[C@@H](O)C(F)(F)F)cc3)(C1)C2. The fourth-order valence-electron chi connectivity index (χ4n) is 6.02. The molecule has 3 N–H and O–H groups in total. The van der Waals surface area contributed by atoms with Crippen LogP contribution in [0, 0.1) is 17.0 Å². The molecule has 6 rings (SSSR count). The molecule has 0 amide bonds. The maximum Gasteiger partial charge on any atom is 0.470 e. The first-order valence-electron chi connectivity index (χ1n) is 12.2. The van der Waals surface area contributed by atoms with Gasteiger partial charge in [0.15, 0.2) is 11.7 Å². The highest BCUT2D eigenvalue weighted by molar-refractivity contribution is 7.46. The van der Waals surface area contributed by atoms with Crippen LogP contribution in [0.15, 0.2) is 48.8 Å². The van der Waals surface area contributed by atoms with Crippen molar-refractivity contribution in [3.63, 3.8) is 0 Å². The lowest BCUT2D eigenvalue weighted by molar-refractivity contribution is -0.343. The van der Waals surface area contributed by atoms with Gasteiger partial charge in [-0.15, -0.1) is 5.10 Å². The number of alkyl halides is 5. The first-order valence-corrected chi connectivity index (χ1v) is 13.7. The van der Waals surface area contributed by atoms with E-state index in [-0.39, 0.29) is 31.1 Å². The second-order valence-electron chi connectivity index (χ2n) is 10.6. The van der Waals surface area contributed by atoms with Crippen LogP contribution in [0.3, 0.4) is 0 Å². The number of nitrogens with zero attached hydrogens (tertiary/aromatic N) is 4. The predicted octanol–water partition coefficient (Wildman–Crippen LogP) is 4.02. The molecule has 2 atom stereocenters. The average molecular weight is 626 g/mol. The van der Waals surface area contributed by atoms with Crippen LogP contribution in [0.2, 0.25) is 0 Å². The summed E-state index contributed by atoms with van der Waals surface area (Å²) < 4.78 is 122. The molecular formula is C24H22F7N4O6P. The fourth-order valence-corrected chi connectivity index (χ4v) is 6.70. The van der Waals surface area contributed by atoms with Crippen molar-refractivity contribution < 1.29 is 59.5 Å². The van der Waals surface area contributed by atoms with E-state index in [9.17, 15) is 31.9 Å². The molecule has 2 aromatic carbocycles. The zero-order valence-electron chi connectivity index (χ0n) is 21.2. The standard InChI is InChI=1S/C24H22F7N4O6P/c25-15-3-6-17(18(26)7-15)22(41-42(37,38)39,12-35-13-32-33-34-35)24(30,31)21-9-20(10-21,11-21)14-1-4-16(5-2-14)40-8-19(36)23(27,28)29/h1-7,13,19,36H,8-12H2,(H2,37,38,39)/t19-,20?,21?,22+/m1/s1. The quantitative estimate of drug-likeness (QED) is 0.213. The maximum atomic E-state index is 16.8. The summed E-state index contributed by atoms with van der Waals surface area (Å²) in [6, 6.07) is 7.12. The summed E-state index contributed by atoms with van der Waals surface area (Å²) in [5.41, 5.74) is -6.63. The summed E-state index contributed by atoms with van der Waals surface area (Å²) in [6.07, 6.45) is -7.41. The number of hydrogen-bond donors (Lipinski definition) is 3. The number of aliphatic hydroxyl groups excluding tert-OH is 1. The molecule has 18 heteroatoms. The van der Waals surface area contributed by atoms with Crippen molar-refractivity contribution in [3.05, 3.63) is 71.6 Å². The van der Waals surface area contributed by atoms with Crippen LogP contribution in [0.5, 0.6) is 5.75 Å². The molecule has 3 aliphatic rings.